The first-order valence-electron chi connectivity index (χ1n) is 5.01. The molecule has 76 valence electrons. The fourth-order valence-electron chi connectivity index (χ4n) is 1.16. The summed E-state index contributed by atoms with van der Waals surface area (Å²) in [6.07, 6.45) is 3.17. The number of ether oxygens (including phenoxy) is 1. The van der Waals surface area contributed by atoms with Crippen LogP contribution >= 0.6 is 0 Å². The van der Waals surface area contributed by atoms with Crippen molar-refractivity contribution in [3.8, 4) is 5.75 Å². The van der Waals surface area contributed by atoms with Gasteiger partial charge in [0.15, 0.2) is 0 Å². The Hall–Kier alpha value is -1.24. The molecule has 0 atom stereocenters. The second kappa shape index (κ2) is 5.48. The molecule has 1 aromatic carbocycles. The predicted molar refractivity (Wildman–Crippen MR) is 60.7 cm³/mol. The topological polar surface area (TPSA) is 9.23 Å². The summed E-state index contributed by atoms with van der Waals surface area (Å²) in [4.78, 5) is 0. The number of aryl methyl sites for hydroxylation is 1. The number of benzene rings is 1. The van der Waals surface area contributed by atoms with Gasteiger partial charge in [-0.2, -0.15) is 0 Å². The van der Waals surface area contributed by atoms with E-state index >= 15 is 0 Å². The monoisotopic (exact) mass is 190 g/mol. The van der Waals surface area contributed by atoms with Gasteiger partial charge in [-0.3, -0.25) is 0 Å². The molecule has 1 heteroatoms. The maximum absolute atomic E-state index is 5.57. The summed E-state index contributed by atoms with van der Waals surface area (Å²) in [5, 5.41) is 0. The third-order valence-corrected chi connectivity index (χ3v) is 1.96. The number of hydrogen-bond donors (Lipinski definition) is 0. The normalized spacial score (nSPS) is 9.64. The fourth-order valence-corrected chi connectivity index (χ4v) is 1.16. The van der Waals surface area contributed by atoms with Gasteiger partial charge in [0.2, 0.25) is 0 Å². The van der Waals surface area contributed by atoms with E-state index < -0.39 is 0 Å². The van der Waals surface area contributed by atoms with Crippen molar-refractivity contribution in [1.82, 2.24) is 0 Å². The SMILES string of the molecule is CC(C)=CCCOc1ccc(C)cc1. The molecule has 0 bridgehead atoms. The van der Waals surface area contributed by atoms with E-state index in [1.54, 1.807) is 0 Å². The molecular weight excluding hydrogens is 172 g/mol. The van der Waals surface area contributed by atoms with Gasteiger partial charge in [0, 0.05) is 0 Å². The summed E-state index contributed by atoms with van der Waals surface area (Å²) in [5.41, 5.74) is 2.61. The van der Waals surface area contributed by atoms with Crippen LogP contribution in [-0.4, -0.2) is 6.61 Å². The van der Waals surface area contributed by atoms with Crippen LogP contribution in [-0.2, 0) is 0 Å². The van der Waals surface area contributed by atoms with E-state index in [0.717, 1.165) is 18.8 Å². The Morgan fingerprint density at radius 3 is 2.43 bits per heavy atom. The Balaban J connectivity index is 2.32. The fraction of sp³-hybridized carbons (Fsp3) is 0.385. The molecule has 0 amide bonds. The average Bonchev–Trinajstić information content (AvgIpc) is 2.15. The highest BCUT2D eigenvalue weighted by Gasteiger charge is 1.91. The molecule has 1 rings (SSSR count). The molecule has 0 N–H and O–H groups in total. The highest BCUT2D eigenvalue weighted by atomic mass is 16.5. The molecule has 0 spiro atoms. The van der Waals surface area contributed by atoms with Crippen molar-refractivity contribution in [1.29, 1.82) is 0 Å². The Labute approximate surface area is 86.4 Å². The van der Waals surface area contributed by atoms with E-state index in [4.69, 9.17) is 4.74 Å². The molecule has 0 heterocycles. The molecule has 1 aromatic rings. The van der Waals surface area contributed by atoms with Crippen LogP contribution in [0.4, 0.5) is 0 Å². The van der Waals surface area contributed by atoms with E-state index in [1.807, 2.05) is 12.1 Å². The van der Waals surface area contributed by atoms with Gasteiger partial charge < -0.3 is 4.74 Å². The third-order valence-electron chi connectivity index (χ3n) is 1.96. The molecule has 0 unspecified atom stereocenters. The molecule has 0 radical (unpaired) electrons. The first kappa shape index (κ1) is 10.8. The van der Waals surface area contributed by atoms with Crippen molar-refractivity contribution in [3.63, 3.8) is 0 Å². The van der Waals surface area contributed by atoms with Crippen molar-refractivity contribution in [2.45, 2.75) is 27.2 Å². The highest BCUT2D eigenvalue weighted by Crippen LogP contribution is 2.11. The maximum atomic E-state index is 5.57. The molecule has 0 saturated carbocycles. The summed E-state index contributed by atoms with van der Waals surface area (Å²) in [5.74, 6) is 0.956. The second-order valence-corrected chi connectivity index (χ2v) is 3.73. The van der Waals surface area contributed by atoms with Crippen molar-refractivity contribution in [2.24, 2.45) is 0 Å². The molecule has 0 aliphatic heterocycles. The Morgan fingerprint density at radius 2 is 1.86 bits per heavy atom. The lowest BCUT2D eigenvalue weighted by atomic mass is 10.2. The first-order valence-corrected chi connectivity index (χ1v) is 5.01. The molecular formula is C13H18O. The summed E-state index contributed by atoms with van der Waals surface area (Å²) >= 11 is 0. The van der Waals surface area contributed by atoms with Gasteiger partial charge in [-0.05, 0) is 39.3 Å². The van der Waals surface area contributed by atoms with E-state index in [0.29, 0.717) is 0 Å². The molecule has 0 aromatic heterocycles. The minimum absolute atomic E-state index is 0.758. The van der Waals surface area contributed by atoms with E-state index in [-0.39, 0.29) is 0 Å². The second-order valence-electron chi connectivity index (χ2n) is 3.73. The summed E-state index contributed by atoms with van der Waals surface area (Å²) in [6.45, 7) is 7.04. The first-order chi connectivity index (χ1) is 6.68. The van der Waals surface area contributed by atoms with Gasteiger partial charge in [-0.25, -0.2) is 0 Å². The van der Waals surface area contributed by atoms with Crippen molar-refractivity contribution < 1.29 is 4.74 Å². The van der Waals surface area contributed by atoms with Crippen molar-refractivity contribution in [2.75, 3.05) is 6.61 Å². The Bertz CT molecular complexity index is 292. The molecule has 0 aliphatic carbocycles. The molecule has 0 aliphatic rings. The zero-order valence-corrected chi connectivity index (χ0v) is 9.21. The predicted octanol–water partition coefficient (Wildman–Crippen LogP) is 3.73. The van der Waals surface area contributed by atoms with Gasteiger partial charge in [-0.15, -0.1) is 0 Å². The Kier molecular flexibility index (Phi) is 4.24. The van der Waals surface area contributed by atoms with Crippen LogP contribution in [0.3, 0.4) is 0 Å². The summed E-state index contributed by atoms with van der Waals surface area (Å²) in [7, 11) is 0. The van der Waals surface area contributed by atoms with Crippen LogP contribution in [0.1, 0.15) is 25.8 Å². The summed E-state index contributed by atoms with van der Waals surface area (Å²) < 4.78 is 5.57. The van der Waals surface area contributed by atoms with Gasteiger partial charge in [0.05, 0.1) is 6.61 Å². The smallest absolute Gasteiger partial charge is 0.119 e. The van der Waals surface area contributed by atoms with E-state index in [2.05, 4.69) is 39.0 Å². The molecule has 0 saturated heterocycles. The van der Waals surface area contributed by atoms with Crippen molar-refractivity contribution in [3.05, 3.63) is 41.5 Å². The number of hydrogen-bond acceptors (Lipinski definition) is 1. The van der Waals surface area contributed by atoms with Gasteiger partial charge >= 0.3 is 0 Å². The standard InChI is InChI=1S/C13H18O/c1-11(2)5-4-10-14-13-8-6-12(3)7-9-13/h5-9H,4,10H2,1-3H3. The highest BCUT2D eigenvalue weighted by molar-refractivity contribution is 5.26. The minimum Gasteiger partial charge on any atom is -0.493 e. The molecule has 0 fully saturated rings. The lowest BCUT2D eigenvalue weighted by Gasteiger charge is -2.04. The van der Waals surface area contributed by atoms with Crippen LogP contribution in [0.15, 0.2) is 35.9 Å². The van der Waals surface area contributed by atoms with E-state index in [1.165, 1.54) is 11.1 Å². The molecule has 14 heavy (non-hydrogen) atoms. The number of allylic oxidation sites excluding steroid dienone is 1. The van der Waals surface area contributed by atoms with Gasteiger partial charge in [0.25, 0.3) is 0 Å². The summed E-state index contributed by atoms with van der Waals surface area (Å²) in [6, 6.07) is 8.15. The largest absolute Gasteiger partial charge is 0.493 e. The third kappa shape index (κ3) is 4.13. The van der Waals surface area contributed by atoms with Crippen molar-refractivity contribution >= 4 is 0 Å². The van der Waals surface area contributed by atoms with Gasteiger partial charge in [-0.1, -0.05) is 29.3 Å². The van der Waals surface area contributed by atoms with Crippen LogP contribution in [0, 0.1) is 6.92 Å². The minimum atomic E-state index is 0.758. The van der Waals surface area contributed by atoms with Gasteiger partial charge in [0.1, 0.15) is 5.75 Å². The van der Waals surface area contributed by atoms with Crippen LogP contribution < -0.4 is 4.74 Å². The van der Waals surface area contributed by atoms with Crippen LogP contribution in [0.2, 0.25) is 0 Å². The Morgan fingerprint density at radius 1 is 1.21 bits per heavy atom. The zero-order valence-electron chi connectivity index (χ0n) is 9.21. The van der Waals surface area contributed by atoms with Crippen LogP contribution in [0.25, 0.3) is 0 Å². The maximum Gasteiger partial charge on any atom is 0.119 e. The number of rotatable bonds is 4. The average molecular weight is 190 g/mol. The lowest BCUT2D eigenvalue weighted by molar-refractivity contribution is 0.324. The zero-order chi connectivity index (χ0) is 10.4. The lowest BCUT2D eigenvalue weighted by Crippen LogP contribution is -1.95. The quantitative estimate of drug-likeness (QED) is 0.519. The van der Waals surface area contributed by atoms with Crippen LogP contribution in [0.5, 0.6) is 5.75 Å². The van der Waals surface area contributed by atoms with E-state index in [9.17, 15) is 0 Å². The molecule has 1 nitrogen and oxygen atoms in total.